The molecule has 0 saturated heterocycles. The molecule has 1 aromatic carbocycles. The van der Waals surface area contributed by atoms with Gasteiger partial charge in [-0.1, -0.05) is 29.5 Å². The average Bonchev–Trinajstić information content (AvgIpc) is 2.17. The molecule has 0 aromatic heterocycles. The van der Waals surface area contributed by atoms with Gasteiger partial charge in [-0.05, 0) is 32.9 Å². The Balaban J connectivity index is 2.77. The molecule has 1 nitrogen and oxygen atoms in total. The molecule has 0 saturated carbocycles. The lowest BCUT2D eigenvalue weighted by atomic mass is 9.95. The minimum absolute atomic E-state index is 0.0837. The van der Waals surface area contributed by atoms with Gasteiger partial charge in [-0.3, -0.25) is 0 Å². The molecule has 1 aromatic rings. The maximum Gasteiger partial charge on any atom is 0.0623 e. The van der Waals surface area contributed by atoms with Gasteiger partial charge >= 0.3 is 0 Å². The van der Waals surface area contributed by atoms with Gasteiger partial charge in [-0.15, -0.1) is 0 Å². The minimum atomic E-state index is -0.0837. The highest BCUT2D eigenvalue weighted by Crippen LogP contribution is 2.13. The van der Waals surface area contributed by atoms with E-state index in [1.54, 1.807) is 7.11 Å². The Morgan fingerprint density at radius 2 is 1.80 bits per heavy atom. The Morgan fingerprint density at radius 3 is 2.33 bits per heavy atom. The van der Waals surface area contributed by atoms with Crippen LogP contribution >= 0.6 is 0 Å². The lowest BCUT2D eigenvalue weighted by Gasteiger charge is -2.15. The van der Waals surface area contributed by atoms with Crippen LogP contribution in [0.15, 0.2) is 24.3 Å². The predicted octanol–water partition coefficient (Wildman–Crippen LogP) is 3.02. The number of benzene rings is 1. The number of rotatable bonds is 2. The lowest BCUT2D eigenvalue weighted by molar-refractivity contribution is 0.137. The Morgan fingerprint density at radius 1 is 1.20 bits per heavy atom. The highest BCUT2D eigenvalue weighted by Gasteiger charge is 2.12. The van der Waals surface area contributed by atoms with E-state index in [9.17, 15) is 0 Å². The SMILES string of the molecule is COCC(C)(C)C#Cc1ccc(C)cc1. The van der Waals surface area contributed by atoms with Gasteiger partial charge in [-0.25, -0.2) is 0 Å². The Bertz CT molecular complexity index is 363. The summed E-state index contributed by atoms with van der Waals surface area (Å²) in [6.45, 7) is 6.90. The summed E-state index contributed by atoms with van der Waals surface area (Å²) in [6, 6.07) is 8.25. The van der Waals surface area contributed by atoms with E-state index in [4.69, 9.17) is 4.74 Å². The molecule has 0 atom stereocenters. The van der Waals surface area contributed by atoms with Crippen LogP contribution in [0.4, 0.5) is 0 Å². The molecule has 0 unspecified atom stereocenters. The highest BCUT2D eigenvalue weighted by atomic mass is 16.5. The van der Waals surface area contributed by atoms with Crippen molar-refractivity contribution < 1.29 is 4.74 Å². The summed E-state index contributed by atoms with van der Waals surface area (Å²) in [5, 5.41) is 0. The van der Waals surface area contributed by atoms with Crippen molar-refractivity contribution >= 4 is 0 Å². The summed E-state index contributed by atoms with van der Waals surface area (Å²) in [7, 11) is 1.70. The zero-order valence-electron chi connectivity index (χ0n) is 9.92. The van der Waals surface area contributed by atoms with Crippen LogP contribution in [0, 0.1) is 24.2 Å². The predicted molar refractivity (Wildman–Crippen MR) is 63.7 cm³/mol. The fourth-order valence-corrected chi connectivity index (χ4v) is 1.28. The van der Waals surface area contributed by atoms with E-state index in [-0.39, 0.29) is 5.41 Å². The zero-order chi connectivity index (χ0) is 11.3. The van der Waals surface area contributed by atoms with Crippen LogP contribution < -0.4 is 0 Å². The second kappa shape index (κ2) is 5.00. The molecule has 1 heteroatoms. The summed E-state index contributed by atoms with van der Waals surface area (Å²) in [4.78, 5) is 0. The molecule has 0 N–H and O–H groups in total. The van der Waals surface area contributed by atoms with Crippen LogP contribution in [0.25, 0.3) is 0 Å². The number of aryl methyl sites for hydroxylation is 1. The number of ether oxygens (including phenoxy) is 1. The maximum absolute atomic E-state index is 5.11. The number of hydrogen-bond acceptors (Lipinski definition) is 1. The lowest BCUT2D eigenvalue weighted by Crippen LogP contribution is -2.15. The van der Waals surface area contributed by atoms with Crippen molar-refractivity contribution in [3.63, 3.8) is 0 Å². The molecule has 15 heavy (non-hydrogen) atoms. The Labute approximate surface area is 92.5 Å². The van der Waals surface area contributed by atoms with Gasteiger partial charge in [0.2, 0.25) is 0 Å². The molecule has 0 bridgehead atoms. The minimum Gasteiger partial charge on any atom is -0.383 e. The van der Waals surface area contributed by atoms with E-state index in [0.29, 0.717) is 6.61 Å². The van der Waals surface area contributed by atoms with Crippen LogP contribution in [0.5, 0.6) is 0 Å². The molecule has 0 aliphatic heterocycles. The van der Waals surface area contributed by atoms with Crippen molar-refractivity contribution in [1.82, 2.24) is 0 Å². The first-order valence-electron chi connectivity index (χ1n) is 5.12. The van der Waals surface area contributed by atoms with Gasteiger partial charge in [0.25, 0.3) is 0 Å². The first kappa shape index (κ1) is 11.8. The molecule has 0 heterocycles. The smallest absolute Gasteiger partial charge is 0.0623 e. The van der Waals surface area contributed by atoms with E-state index < -0.39 is 0 Å². The Kier molecular flexibility index (Phi) is 3.94. The van der Waals surface area contributed by atoms with Crippen molar-refractivity contribution in [3.05, 3.63) is 35.4 Å². The van der Waals surface area contributed by atoms with Crippen LogP contribution in [0.2, 0.25) is 0 Å². The van der Waals surface area contributed by atoms with Crippen LogP contribution in [0.3, 0.4) is 0 Å². The van der Waals surface area contributed by atoms with E-state index in [1.807, 2.05) is 12.1 Å². The third-order valence-corrected chi connectivity index (χ3v) is 2.10. The quantitative estimate of drug-likeness (QED) is 0.670. The van der Waals surface area contributed by atoms with E-state index in [1.165, 1.54) is 5.56 Å². The molecule has 0 amide bonds. The normalized spacial score (nSPS) is 10.7. The average molecular weight is 202 g/mol. The molecule has 0 radical (unpaired) electrons. The molecule has 0 spiro atoms. The van der Waals surface area contributed by atoms with Gasteiger partial charge < -0.3 is 4.74 Å². The summed E-state index contributed by atoms with van der Waals surface area (Å²) in [5.41, 5.74) is 2.24. The largest absolute Gasteiger partial charge is 0.383 e. The maximum atomic E-state index is 5.11. The highest BCUT2D eigenvalue weighted by molar-refractivity contribution is 5.36. The van der Waals surface area contributed by atoms with Gasteiger partial charge in [0.15, 0.2) is 0 Å². The summed E-state index contributed by atoms with van der Waals surface area (Å²) < 4.78 is 5.11. The first-order chi connectivity index (χ1) is 7.03. The molecular weight excluding hydrogens is 184 g/mol. The van der Waals surface area contributed by atoms with E-state index in [0.717, 1.165) is 5.56 Å². The number of methoxy groups -OCH3 is 1. The molecule has 0 aliphatic carbocycles. The zero-order valence-corrected chi connectivity index (χ0v) is 9.92. The topological polar surface area (TPSA) is 9.23 Å². The molecular formula is C14H18O. The summed E-state index contributed by atoms with van der Waals surface area (Å²) >= 11 is 0. The second-order valence-electron chi connectivity index (χ2n) is 4.43. The van der Waals surface area contributed by atoms with Crippen LogP contribution in [0.1, 0.15) is 25.0 Å². The second-order valence-corrected chi connectivity index (χ2v) is 4.43. The van der Waals surface area contributed by atoms with E-state index >= 15 is 0 Å². The Hall–Kier alpha value is -1.26. The van der Waals surface area contributed by atoms with Crippen molar-refractivity contribution in [2.75, 3.05) is 13.7 Å². The fourth-order valence-electron chi connectivity index (χ4n) is 1.28. The van der Waals surface area contributed by atoms with Crippen molar-refractivity contribution in [2.45, 2.75) is 20.8 Å². The molecule has 0 aliphatic rings. The standard InChI is InChI=1S/C14H18O/c1-12-5-7-13(8-6-12)9-10-14(2,3)11-15-4/h5-8H,11H2,1-4H3. The fraction of sp³-hybridized carbons (Fsp3) is 0.429. The first-order valence-corrected chi connectivity index (χ1v) is 5.12. The van der Waals surface area contributed by atoms with Crippen LogP contribution in [-0.4, -0.2) is 13.7 Å². The summed E-state index contributed by atoms with van der Waals surface area (Å²) in [6.07, 6.45) is 0. The van der Waals surface area contributed by atoms with Crippen molar-refractivity contribution in [3.8, 4) is 11.8 Å². The van der Waals surface area contributed by atoms with Gasteiger partial charge in [0.1, 0.15) is 0 Å². The monoisotopic (exact) mass is 202 g/mol. The third-order valence-electron chi connectivity index (χ3n) is 2.10. The van der Waals surface area contributed by atoms with Crippen molar-refractivity contribution in [1.29, 1.82) is 0 Å². The summed E-state index contributed by atoms with van der Waals surface area (Å²) in [5.74, 6) is 6.39. The number of hydrogen-bond donors (Lipinski definition) is 0. The van der Waals surface area contributed by atoms with E-state index in [2.05, 4.69) is 44.7 Å². The van der Waals surface area contributed by atoms with Gasteiger partial charge in [0, 0.05) is 18.1 Å². The van der Waals surface area contributed by atoms with Gasteiger partial charge in [0.05, 0.1) is 6.61 Å². The van der Waals surface area contributed by atoms with Crippen LogP contribution in [-0.2, 0) is 4.74 Å². The molecule has 0 fully saturated rings. The molecule has 80 valence electrons. The van der Waals surface area contributed by atoms with Crippen molar-refractivity contribution in [2.24, 2.45) is 5.41 Å². The van der Waals surface area contributed by atoms with Gasteiger partial charge in [-0.2, -0.15) is 0 Å². The molecule has 1 rings (SSSR count). The third kappa shape index (κ3) is 4.18.